The van der Waals surface area contributed by atoms with E-state index in [0.717, 1.165) is 14.7 Å². The monoisotopic (exact) mass is 576 g/mol. The van der Waals surface area contributed by atoms with Crippen LogP contribution in [0.5, 0.6) is 5.75 Å². The fraction of sp³-hybridized carbons (Fsp3) is 0.231. The van der Waals surface area contributed by atoms with E-state index in [0.29, 0.717) is 23.7 Å². The van der Waals surface area contributed by atoms with Crippen LogP contribution in [0.2, 0.25) is 5.02 Å². The second-order valence-corrected chi connectivity index (χ2v) is 9.11. The minimum absolute atomic E-state index is 0.185. The number of carbonyl (C=O) groups excluding carboxylic acids is 2. The molecule has 0 saturated carbocycles. The lowest BCUT2D eigenvalue weighted by molar-refractivity contribution is -0.142. The maximum absolute atomic E-state index is 13.4. The first-order valence-electron chi connectivity index (χ1n) is 10.7. The van der Waals surface area contributed by atoms with Crippen LogP contribution in [0.25, 0.3) is 0 Å². The van der Waals surface area contributed by atoms with Crippen LogP contribution in [-0.2, 0) is 22.6 Å². The number of hydrogen-bond acceptors (Lipinski definition) is 3. The molecule has 0 aliphatic rings. The number of nitrogens with zero attached hydrogens (tertiary/aromatic N) is 1. The quantitative estimate of drug-likeness (QED) is 0.342. The fourth-order valence-corrected chi connectivity index (χ4v) is 3.97. The molecule has 3 aromatic carbocycles. The Labute approximate surface area is 213 Å². The highest BCUT2D eigenvalue weighted by Gasteiger charge is 2.30. The van der Waals surface area contributed by atoms with Gasteiger partial charge in [0.15, 0.2) is 6.61 Å². The first kappa shape index (κ1) is 25.1. The summed E-state index contributed by atoms with van der Waals surface area (Å²) in [5.74, 6) is 0.0933. The summed E-state index contributed by atoms with van der Waals surface area (Å²) in [7, 11) is 0. The summed E-state index contributed by atoms with van der Waals surface area (Å²) in [5, 5.41) is 3.42. The number of halogens is 2. The summed E-state index contributed by atoms with van der Waals surface area (Å²) in [6.07, 6.45) is 0.381. The summed E-state index contributed by atoms with van der Waals surface area (Å²) >= 11 is 8.61. The third kappa shape index (κ3) is 7.47. The molecular formula is C26H26ClIN2O3. The number of carbonyl (C=O) groups is 2. The van der Waals surface area contributed by atoms with Gasteiger partial charge in [-0.05, 0) is 71.0 Å². The number of nitrogens with one attached hydrogen (secondary N) is 1. The molecule has 0 aliphatic carbocycles. The van der Waals surface area contributed by atoms with E-state index in [4.69, 9.17) is 16.3 Å². The van der Waals surface area contributed by atoms with Gasteiger partial charge >= 0.3 is 0 Å². The summed E-state index contributed by atoms with van der Waals surface area (Å²) in [6.45, 7) is 2.34. The van der Waals surface area contributed by atoms with Crippen molar-refractivity contribution >= 4 is 46.0 Å². The summed E-state index contributed by atoms with van der Waals surface area (Å²) in [4.78, 5) is 28.1. The van der Waals surface area contributed by atoms with E-state index in [-0.39, 0.29) is 25.0 Å². The molecule has 0 unspecified atom stereocenters. The second-order valence-electron chi connectivity index (χ2n) is 7.46. The smallest absolute Gasteiger partial charge is 0.261 e. The van der Waals surface area contributed by atoms with Crippen LogP contribution in [-0.4, -0.2) is 35.9 Å². The predicted molar refractivity (Wildman–Crippen MR) is 139 cm³/mol. The van der Waals surface area contributed by atoms with E-state index in [2.05, 4.69) is 27.9 Å². The average Bonchev–Trinajstić information content (AvgIpc) is 2.82. The highest BCUT2D eigenvalue weighted by Crippen LogP contribution is 2.21. The number of likely N-dealkylation sites (N-methyl/N-ethyl adjacent to an activating group) is 1. The minimum Gasteiger partial charge on any atom is -0.484 e. The minimum atomic E-state index is -0.712. The number of amides is 2. The SMILES string of the molecule is CCNC(=O)[C@@H](Cc1ccccc1)N(Cc1ccccc1Cl)C(=O)COc1ccc(I)cc1. The van der Waals surface area contributed by atoms with Gasteiger partial charge in [-0.3, -0.25) is 9.59 Å². The number of ether oxygens (including phenoxy) is 1. The van der Waals surface area contributed by atoms with E-state index in [1.165, 1.54) is 0 Å². The fourth-order valence-electron chi connectivity index (χ4n) is 3.41. The maximum atomic E-state index is 13.4. The van der Waals surface area contributed by atoms with Crippen LogP contribution >= 0.6 is 34.2 Å². The Morgan fingerprint density at radius 1 is 1.00 bits per heavy atom. The first-order chi connectivity index (χ1) is 16.0. The highest BCUT2D eigenvalue weighted by molar-refractivity contribution is 14.1. The first-order valence-corrected chi connectivity index (χ1v) is 12.2. The van der Waals surface area contributed by atoms with E-state index in [1.807, 2.05) is 79.7 Å². The van der Waals surface area contributed by atoms with Crippen molar-refractivity contribution in [3.05, 3.63) is 98.6 Å². The van der Waals surface area contributed by atoms with Crippen molar-refractivity contribution in [1.82, 2.24) is 10.2 Å². The van der Waals surface area contributed by atoms with Gasteiger partial charge in [-0.1, -0.05) is 60.1 Å². The van der Waals surface area contributed by atoms with Gasteiger partial charge in [0.1, 0.15) is 11.8 Å². The van der Waals surface area contributed by atoms with Crippen LogP contribution in [0.3, 0.4) is 0 Å². The molecule has 3 rings (SSSR count). The standard InChI is InChI=1S/C26H26ClIN2O3/c1-2-29-26(32)24(16-19-8-4-3-5-9-19)30(17-20-10-6-7-11-23(20)27)25(31)18-33-22-14-12-21(28)13-15-22/h3-15,24H,2,16-18H2,1H3,(H,29,32)/t24-/m1/s1. The van der Waals surface area contributed by atoms with Crippen LogP contribution in [0, 0.1) is 3.57 Å². The zero-order chi connectivity index (χ0) is 23.6. The normalized spacial score (nSPS) is 11.5. The van der Waals surface area contributed by atoms with Crippen molar-refractivity contribution in [2.24, 2.45) is 0 Å². The van der Waals surface area contributed by atoms with E-state index in [9.17, 15) is 9.59 Å². The van der Waals surface area contributed by atoms with E-state index >= 15 is 0 Å². The third-order valence-corrected chi connectivity index (χ3v) is 6.18. The third-order valence-electron chi connectivity index (χ3n) is 5.10. The Hall–Kier alpha value is -2.58. The van der Waals surface area contributed by atoms with Crippen molar-refractivity contribution in [3.63, 3.8) is 0 Å². The number of rotatable bonds is 10. The lowest BCUT2D eigenvalue weighted by Crippen LogP contribution is -2.51. The molecule has 33 heavy (non-hydrogen) atoms. The zero-order valence-corrected chi connectivity index (χ0v) is 21.3. The molecule has 172 valence electrons. The average molecular weight is 577 g/mol. The second kappa shape index (κ2) is 12.6. The van der Waals surface area contributed by atoms with Gasteiger partial charge in [0, 0.05) is 28.1 Å². The molecule has 0 heterocycles. The van der Waals surface area contributed by atoms with Gasteiger partial charge in [-0.2, -0.15) is 0 Å². The lowest BCUT2D eigenvalue weighted by atomic mass is 10.0. The van der Waals surface area contributed by atoms with Crippen molar-refractivity contribution < 1.29 is 14.3 Å². The molecule has 7 heteroatoms. The molecule has 5 nitrogen and oxygen atoms in total. The van der Waals surface area contributed by atoms with Crippen LogP contribution in [0.15, 0.2) is 78.9 Å². The molecule has 1 N–H and O–H groups in total. The Morgan fingerprint density at radius 2 is 1.67 bits per heavy atom. The van der Waals surface area contributed by atoms with Crippen LogP contribution < -0.4 is 10.1 Å². The van der Waals surface area contributed by atoms with E-state index in [1.54, 1.807) is 11.0 Å². The molecule has 2 amide bonds. The molecule has 0 fully saturated rings. The van der Waals surface area contributed by atoms with Crippen molar-refractivity contribution in [3.8, 4) is 5.75 Å². The highest BCUT2D eigenvalue weighted by atomic mass is 127. The molecule has 0 spiro atoms. The van der Waals surface area contributed by atoms with Gasteiger partial charge in [0.05, 0.1) is 0 Å². The molecule has 0 aliphatic heterocycles. The molecule has 1 atom stereocenters. The maximum Gasteiger partial charge on any atom is 0.261 e. The molecule has 0 bridgehead atoms. The Bertz CT molecular complexity index is 1060. The largest absolute Gasteiger partial charge is 0.484 e. The van der Waals surface area contributed by atoms with Gasteiger partial charge in [0.25, 0.3) is 5.91 Å². The summed E-state index contributed by atoms with van der Waals surface area (Å²) < 4.78 is 6.83. The zero-order valence-electron chi connectivity index (χ0n) is 18.3. The topological polar surface area (TPSA) is 58.6 Å². The van der Waals surface area contributed by atoms with Crippen LogP contribution in [0.1, 0.15) is 18.1 Å². The molecule has 0 saturated heterocycles. The Balaban J connectivity index is 1.89. The summed E-state index contributed by atoms with van der Waals surface area (Å²) in [5.41, 5.74) is 1.73. The van der Waals surface area contributed by atoms with Gasteiger partial charge in [0.2, 0.25) is 5.91 Å². The predicted octanol–water partition coefficient (Wildman–Crippen LogP) is 5.10. The summed E-state index contributed by atoms with van der Waals surface area (Å²) in [6, 6.07) is 23.8. The van der Waals surface area contributed by atoms with Crippen molar-refractivity contribution in [2.45, 2.75) is 25.9 Å². The van der Waals surface area contributed by atoms with E-state index < -0.39 is 6.04 Å². The van der Waals surface area contributed by atoms with Crippen LogP contribution in [0.4, 0.5) is 0 Å². The molecule has 3 aromatic rings. The van der Waals surface area contributed by atoms with Crippen molar-refractivity contribution in [1.29, 1.82) is 0 Å². The van der Waals surface area contributed by atoms with Gasteiger partial charge in [-0.25, -0.2) is 0 Å². The number of benzene rings is 3. The molecule has 0 aromatic heterocycles. The lowest BCUT2D eigenvalue weighted by Gasteiger charge is -2.31. The number of hydrogen-bond donors (Lipinski definition) is 1. The Morgan fingerprint density at radius 3 is 2.33 bits per heavy atom. The van der Waals surface area contributed by atoms with Crippen molar-refractivity contribution in [2.75, 3.05) is 13.2 Å². The Kier molecular flexibility index (Phi) is 9.57. The molecule has 0 radical (unpaired) electrons. The van der Waals surface area contributed by atoms with Gasteiger partial charge < -0.3 is 15.0 Å². The van der Waals surface area contributed by atoms with Gasteiger partial charge in [-0.15, -0.1) is 0 Å². The molecular weight excluding hydrogens is 551 g/mol.